The Morgan fingerprint density at radius 2 is 2.14 bits per heavy atom. The number of hydrogen-bond acceptors (Lipinski definition) is 5. The fourth-order valence-corrected chi connectivity index (χ4v) is 3.36. The first kappa shape index (κ1) is 15.0. The zero-order valence-electron chi connectivity index (χ0n) is 11.2. The average Bonchev–Trinajstić information content (AvgIpc) is 3.04. The van der Waals surface area contributed by atoms with Crippen molar-refractivity contribution in [2.24, 2.45) is 7.05 Å². The molecule has 3 rings (SSSR count). The number of benzene rings is 1. The molecule has 112 valence electrons. The van der Waals surface area contributed by atoms with Crippen LogP contribution in [0.15, 0.2) is 30.3 Å². The number of aromatic nitrogens is 4. The first-order chi connectivity index (χ1) is 10.5. The number of carbonyl (C=O) groups excluding carboxylic acids is 1. The normalized spacial score (nSPS) is 10.7. The highest BCUT2D eigenvalue weighted by Gasteiger charge is 2.15. The van der Waals surface area contributed by atoms with Crippen molar-refractivity contribution >= 4 is 46.1 Å². The number of halogens is 2. The molecule has 0 radical (unpaired) electrons. The van der Waals surface area contributed by atoms with Crippen LogP contribution in [0.5, 0.6) is 0 Å². The van der Waals surface area contributed by atoms with Gasteiger partial charge in [-0.05, 0) is 28.6 Å². The van der Waals surface area contributed by atoms with Crippen molar-refractivity contribution in [1.29, 1.82) is 0 Å². The molecule has 0 aliphatic rings. The van der Waals surface area contributed by atoms with E-state index in [0.29, 0.717) is 25.7 Å². The van der Waals surface area contributed by atoms with E-state index in [9.17, 15) is 4.79 Å². The summed E-state index contributed by atoms with van der Waals surface area (Å²) in [6.07, 6.45) is 0. The molecule has 0 unspecified atom stereocenters. The Morgan fingerprint density at radius 3 is 2.77 bits per heavy atom. The van der Waals surface area contributed by atoms with E-state index in [4.69, 9.17) is 23.2 Å². The number of hydrogen-bond donors (Lipinski definition) is 1. The summed E-state index contributed by atoms with van der Waals surface area (Å²) in [6, 6.07) is 8.76. The van der Waals surface area contributed by atoms with Gasteiger partial charge in [-0.3, -0.25) is 4.79 Å². The third-order valence-electron chi connectivity index (χ3n) is 2.90. The van der Waals surface area contributed by atoms with Gasteiger partial charge in [-0.25, -0.2) is 4.68 Å². The minimum absolute atomic E-state index is 0.318. The zero-order chi connectivity index (χ0) is 15.7. The van der Waals surface area contributed by atoms with Crippen molar-refractivity contribution in [3.63, 3.8) is 0 Å². The summed E-state index contributed by atoms with van der Waals surface area (Å²) < 4.78 is 2.38. The smallest absolute Gasteiger partial charge is 0.258 e. The fourth-order valence-electron chi connectivity index (χ4n) is 1.90. The molecule has 0 saturated heterocycles. The van der Waals surface area contributed by atoms with Gasteiger partial charge in [-0.2, -0.15) is 0 Å². The lowest BCUT2D eigenvalue weighted by atomic mass is 10.2. The summed E-state index contributed by atoms with van der Waals surface area (Å²) in [5, 5.41) is 14.1. The number of tetrazole rings is 1. The molecule has 3 aromatic rings. The second-order valence-electron chi connectivity index (χ2n) is 4.40. The third kappa shape index (κ3) is 2.96. The van der Waals surface area contributed by atoms with E-state index >= 15 is 0 Å². The molecule has 2 aromatic heterocycles. The van der Waals surface area contributed by atoms with Gasteiger partial charge in [0.05, 0.1) is 9.90 Å². The van der Waals surface area contributed by atoms with Gasteiger partial charge in [0.15, 0.2) is 5.82 Å². The Kier molecular flexibility index (Phi) is 4.10. The fraction of sp³-hybridized carbons (Fsp3) is 0.0769. The molecule has 0 atom stereocenters. The Hall–Kier alpha value is -1.96. The molecule has 0 bridgehead atoms. The molecule has 22 heavy (non-hydrogen) atoms. The maximum absolute atomic E-state index is 12.2. The second kappa shape index (κ2) is 6.04. The topological polar surface area (TPSA) is 72.7 Å². The maximum atomic E-state index is 12.2. The molecule has 0 saturated carbocycles. The monoisotopic (exact) mass is 353 g/mol. The molecular weight excluding hydrogens is 345 g/mol. The van der Waals surface area contributed by atoms with Crippen LogP contribution >= 0.6 is 34.5 Å². The van der Waals surface area contributed by atoms with Crippen molar-refractivity contribution in [3.8, 4) is 11.4 Å². The SMILES string of the molecule is Cn1nnnc1-c1cccc(NC(=O)c2cc(Cl)sc2Cl)c1. The lowest BCUT2D eigenvalue weighted by Crippen LogP contribution is -2.11. The van der Waals surface area contributed by atoms with Crippen LogP contribution in [-0.2, 0) is 7.05 Å². The number of nitrogens with zero attached hydrogens (tertiary/aromatic N) is 4. The van der Waals surface area contributed by atoms with Gasteiger partial charge in [-0.1, -0.05) is 35.3 Å². The lowest BCUT2D eigenvalue weighted by molar-refractivity contribution is 0.102. The summed E-state index contributed by atoms with van der Waals surface area (Å²) in [4.78, 5) is 12.2. The van der Waals surface area contributed by atoms with Crippen LogP contribution in [0.1, 0.15) is 10.4 Å². The van der Waals surface area contributed by atoms with Crippen molar-refractivity contribution in [2.45, 2.75) is 0 Å². The molecule has 2 heterocycles. The van der Waals surface area contributed by atoms with E-state index in [1.807, 2.05) is 12.1 Å². The largest absolute Gasteiger partial charge is 0.322 e. The Morgan fingerprint density at radius 1 is 1.32 bits per heavy atom. The van der Waals surface area contributed by atoms with E-state index in [2.05, 4.69) is 20.8 Å². The average molecular weight is 354 g/mol. The molecule has 9 heteroatoms. The van der Waals surface area contributed by atoms with Crippen molar-refractivity contribution < 1.29 is 4.79 Å². The number of amides is 1. The van der Waals surface area contributed by atoms with Gasteiger partial charge in [0.1, 0.15) is 4.34 Å². The van der Waals surface area contributed by atoms with Crippen LogP contribution in [0.2, 0.25) is 8.67 Å². The molecule has 1 amide bonds. The molecule has 0 aliphatic heterocycles. The summed E-state index contributed by atoms with van der Waals surface area (Å²) in [6.45, 7) is 0. The quantitative estimate of drug-likeness (QED) is 0.781. The van der Waals surface area contributed by atoms with Crippen LogP contribution in [0.3, 0.4) is 0 Å². The molecule has 1 N–H and O–H groups in total. The minimum atomic E-state index is -0.318. The van der Waals surface area contributed by atoms with Gasteiger partial charge in [0.2, 0.25) is 0 Å². The first-order valence-electron chi connectivity index (χ1n) is 6.13. The van der Waals surface area contributed by atoms with Crippen molar-refractivity contribution in [3.05, 3.63) is 44.6 Å². The van der Waals surface area contributed by atoms with Crippen molar-refractivity contribution in [1.82, 2.24) is 20.2 Å². The number of carbonyl (C=O) groups is 1. The molecule has 0 spiro atoms. The van der Waals surface area contributed by atoms with Gasteiger partial charge >= 0.3 is 0 Å². The molecule has 0 aliphatic carbocycles. The molecule has 6 nitrogen and oxygen atoms in total. The maximum Gasteiger partial charge on any atom is 0.258 e. The Bertz CT molecular complexity index is 845. The van der Waals surface area contributed by atoms with Gasteiger partial charge in [0, 0.05) is 18.3 Å². The van der Waals surface area contributed by atoms with E-state index in [1.54, 1.807) is 29.9 Å². The van der Waals surface area contributed by atoms with Crippen LogP contribution in [-0.4, -0.2) is 26.1 Å². The van der Waals surface area contributed by atoms with E-state index in [-0.39, 0.29) is 5.91 Å². The number of anilines is 1. The van der Waals surface area contributed by atoms with E-state index < -0.39 is 0 Å². The summed E-state index contributed by atoms with van der Waals surface area (Å²) >= 11 is 13.0. The Balaban J connectivity index is 1.86. The van der Waals surface area contributed by atoms with Gasteiger partial charge in [-0.15, -0.1) is 16.4 Å². The summed E-state index contributed by atoms with van der Waals surface area (Å²) in [7, 11) is 1.74. The predicted octanol–water partition coefficient (Wildman–Crippen LogP) is 3.50. The first-order valence-corrected chi connectivity index (χ1v) is 7.71. The third-order valence-corrected chi connectivity index (χ3v) is 4.39. The van der Waals surface area contributed by atoms with Gasteiger partial charge < -0.3 is 5.32 Å². The molecular formula is C13H9Cl2N5OS. The number of rotatable bonds is 3. The summed E-state index contributed by atoms with van der Waals surface area (Å²) in [5.74, 6) is 0.286. The molecule has 1 aromatic carbocycles. The van der Waals surface area contributed by atoms with Crippen molar-refractivity contribution in [2.75, 3.05) is 5.32 Å². The Labute approximate surface area is 139 Å². The highest BCUT2D eigenvalue weighted by molar-refractivity contribution is 7.20. The highest BCUT2D eigenvalue weighted by atomic mass is 35.5. The van der Waals surface area contributed by atoms with Gasteiger partial charge in [0.25, 0.3) is 5.91 Å². The summed E-state index contributed by atoms with van der Waals surface area (Å²) in [5.41, 5.74) is 1.76. The van der Waals surface area contributed by atoms with Crippen LogP contribution in [0.4, 0.5) is 5.69 Å². The zero-order valence-corrected chi connectivity index (χ0v) is 13.6. The number of aryl methyl sites for hydroxylation is 1. The van der Waals surface area contributed by atoms with Crippen LogP contribution < -0.4 is 5.32 Å². The van der Waals surface area contributed by atoms with E-state index in [1.165, 1.54) is 0 Å². The van der Waals surface area contributed by atoms with Crippen LogP contribution in [0.25, 0.3) is 11.4 Å². The highest BCUT2D eigenvalue weighted by Crippen LogP contribution is 2.31. The van der Waals surface area contributed by atoms with E-state index in [0.717, 1.165) is 16.9 Å². The van der Waals surface area contributed by atoms with Crippen LogP contribution in [0, 0.1) is 0 Å². The predicted molar refractivity (Wildman–Crippen MR) is 86.5 cm³/mol. The standard InChI is InChI=1S/C13H9Cl2N5OS/c1-20-12(17-18-19-20)7-3-2-4-8(5-7)16-13(21)9-6-10(14)22-11(9)15/h2-6H,1H3,(H,16,21). The second-order valence-corrected chi connectivity index (χ2v) is 6.68. The lowest BCUT2D eigenvalue weighted by Gasteiger charge is -2.06. The number of nitrogens with one attached hydrogen (secondary N) is 1. The molecule has 0 fully saturated rings. The minimum Gasteiger partial charge on any atom is -0.322 e. The number of thiophene rings is 1.